The second kappa shape index (κ2) is 5.35. The molecule has 3 N–H and O–H groups in total. The van der Waals surface area contributed by atoms with E-state index in [1.807, 2.05) is 19.1 Å². The fraction of sp³-hybridized carbons (Fsp3) is 0.385. The number of carbonyl (C=O) groups is 1. The summed E-state index contributed by atoms with van der Waals surface area (Å²) < 4.78 is 5.56. The Morgan fingerprint density at radius 2 is 2.11 bits per heavy atom. The van der Waals surface area contributed by atoms with Gasteiger partial charge in [0.1, 0.15) is 17.3 Å². The number of nitrogens with two attached hydrogens (primary N) is 1. The highest BCUT2D eigenvalue weighted by atomic mass is 32.1. The Bertz CT molecular complexity index is 483. The predicted molar refractivity (Wildman–Crippen MR) is 74.0 cm³/mol. The monoisotopic (exact) mass is 267 g/mol. The summed E-state index contributed by atoms with van der Waals surface area (Å²) in [4.78, 5) is 11.3. The lowest BCUT2D eigenvalue weighted by Crippen LogP contribution is -2.30. The molecule has 98 valence electrons. The summed E-state index contributed by atoms with van der Waals surface area (Å²) in [7, 11) is 0. The molecule has 0 aromatic heterocycles. The van der Waals surface area contributed by atoms with Crippen LogP contribution in [0.2, 0.25) is 0 Å². The van der Waals surface area contributed by atoms with Crippen LogP contribution in [0, 0.1) is 12.3 Å². The number of aryl methyl sites for hydroxylation is 1. The van der Waals surface area contributed by atoms with Gasteiger partial charge >= 0.3 is 5.97 Å². The van der Waals surface area contributed by atoms with Gasteiger partial charge in [0.25, 0.3) is 0 Å². The minimum absolute atomic E-state index is 0.0873. The second-order valence-corrected chi connectivity index (χ2v) is 5.26. The molecular weight excluding hydrogens is 250 g/mol. The van der Waals surface area contributed by atoms with Gasteiger partial charge < -0.3 is 15.6 Å². The van der Waals surface area contributed by atoms with Crippen molar-refractivity contribution in [3.63, 3.8) is 0 Å². The normalized spacial score (nSPS) is 11.1. The Morgan fingerprint density at radius 1 is 1.50 bits per heavy atom. The third kappa shape index (κ3) is 3.43. The van der Waals surface area contributed by atoms with E-state index in [2.05, 4.69) is 0 Å². The molecule has 1 aromatic rings. The maximum absolute atomic E-state index is 11.0. The molecule has 0 bridgehead atoms. The van der Waals surface area contributed by atoms with Crippen LogP contribution in [0.1, 0.15) is 25.0 Å². The van der Waals surface area contributed by atoms with Crippen LogP contribution in [-0.4, -0.2) is 22.7 Å². The number of carboxylic acids is 1. The molecule has 0 saturated carbocycles. The molecule has 0 unspecified atom stereocenters. The predicted octanol–water partition coefficient (Wildman–Crippen LogP) is 2.12. The number of thiocarbonyl (C=S) groups is 1. The fourth-order valence-corrected chi connectivity index (χ4v) is 1.36. The summed E-state index contributed by atoms with van der Waals surface area (Å²) in [6, 6.07) is 5.39. The zero-order chi connectivity index (χ0) is 13.9. The quantitative estimate of drug-likeness (QED) is 0.799. The fourth-order valence-electron chi connectivity index (χ4n) is 1.23. The summed E-state index contributed by atoms with van der Waals surface area (Å²) in [5.74, 6) is -0.291. The van der Waals surface area contributed by atoms with Crippen LogP contribution in [0.4, 0.5) is 0 Å². The van der Waals surface area contributed by atoms with Crippen molar-refractivity contribution in [2.75, 3.05) is 6.61 Å². The van der Waals surface area contributed by atoms with E-state index in [1.165, 1.54) is 0 Å². The minimum atomic E-state index is -0.939. The van der Waals surface area contributed by atoms with Crippen LogP contribution in [0.15, 0.2) is 18.2 Å². The van der Waals surface area contributed by atoms with Crippen molar-refractivity contribution in [3.8, 4) is 5.75 Å². The number of aliphatic carboxylic acids is 1. The average molecular weight is 267 g/mol. The molecule has 5 heteroatoms. The van der Waals surface area contributed by atoms with Crippen molar-refractivity contribution in [2.45, 2.75) is 20.8 Å². The van der Waals surface area contributed by atoms with Crippen molar-refractivity contribution in [2.24, 2.45) is 11.1 Å². The van der Waals surface area contributed by atoms with Crippen molar-refractivity contribution in [3.05, 3.63) is 29.3 Å². The first-order chi connectivity index (χ1) is 8.24. The van der Waals surface area contributed by atoms with Crippen LogP contribution < -0.4 is 10.5 Å². The Morgan fingerprint density at radius 3 is 2.61 bits per heavy atom. The van der Waals surface area contributed by atoms with E-state index in [-0.39, 0.29) is 11.6 Å². The minimum Gasteiger partial charge on any atom is -0.492 e. The molecule has 0 radical (unpaired) electrons. The summed E-state index contributed by atoms with van der Waals surface area (Å²) in [6.45, 7) is 5.20. The first-order valence-corrected chi connectivity index (χ1v) is 5.91. The highest BCUT2D eigenvalue weighted by Gasteiger charge is 2.28. The smallest absolute Gasteiger partial charge is 0.312 e. The lowest BCUT2D eigenvalue weighted by Gasteiger charge is -2.20. The zero-order valence-electron chi connectivity index (χ0n) is 10.7. The van der Waals surface area contributed by atoms with E-state index in [1.54, 1.807) is 19.9 Å². The van der Waals surface area contributed by atoms with Crippen molar-refractivity contribution >= 4 is 23.2 Å². The average Bonchev–Trinajstić information content (AvgIpc) is 2.27. The van der Waals surface area contributed by atoms with Crippen LogP contribution in [0.25, 0.3) is 0 Å². The summed E-state index contributed by atoms with van der Waals surface area (Å²) in [6.07, 6.45) is 0. The number of hydrogen-bond acceptors (Lipinski definition) is 3. The van der Waals surface area contributed by atoms with Crippen LogP contribution >= 0.6 is 12.2 Å². The number of ether oxygens (including phenoxy) is 1. The third-order valence-corrected chi connectivity index (χ3v) is 2.88. The number of benzene rings is 1. The van der Waals surface area contributed by atoms with Gasteiger partial charge in [-0.15, -0.1) is 0 Å². The maximum Gasteiger partial charge on any atom is 0.312 e. The van der Waals surface area contributed by atoms with Gasteiger partial charge in [-0.25, -0.2) is 0 Å². The molecule has 0 atom stereocenters. The second-order valence-electron chi connectivity index (χ2n) is 4.82. The SMILES string of the molecule is Cc1ccc(C(N)=S)cc1OCC(C)(C)C(=O)O. The molecule has 0 spiro atoms. The van der Waals surface area contributed by atoms with Gasteiger partial charge in [0.15, 0.2) is 0 Å². The van der Waals surface area contributed by atoms with Crippen molar-refractivity contribution in [1.82, 2.24) is 0 Å². The molecule has 0 amide bonds. The van der Waals surface area contributed by atoms with E-state index in [0.717, 1.165) is 5.56 Å². The molecule has 18 heavy (non-hydrogen) atoms. The number of rotatable bonds is 5. The first kappa shape index (κ1) is 14.4. The molecule has 0 aliphatic carbocycles. The van der Waals surface area contributed by atoms with Gasteiger partial charge in [0.05, 0.1) is 5.41 Å². The van der Waals surface area contributed by atoms with E-state index < -0.39 is 11.4 Å². The Hall–Kier alpha value is -1.62. The van der Waals surface area contributed by atoms with E-state index in [0.29, 0.717) is 11.3 Å². The highest BCUT2D eigenvalue weighted by Crippen LogP contribution is 2.23. The van der Waals surface area contributed by atoms with E-state index in [4.69, 9.17) is 27.8 Å². The van der Waals surface area contributed by atoms with Gasteiger partial charge in [0, 0.05) is 5.56 Å². The Labute approximate surface area is 112 Å². The standard InChI is InChI=1S/C13H17NO3S/c1-8-4-5-9(11(14)18)6-10(8)17-7-13(2,3)12(15)16/h4-6H,7H2,1-3H3,(H2,14,18)(H,15,16). The Balaban J connectivity index is 2.88. The summed E-state index contributed by atoms with van der Waals surface area (Å²) in [5, 5.41) is 9.01. The molecular formula is C13H17NO3S. The largest absolute Gasteiger partial charge is 0.492 e. The lowest BCUT2D eigenvalue weighted by atomic mass is 9.95. The van der Waals surface area contributed by atoms with Gasteiger partial charge in [-0.1, -0.05) is 24.4 Å². The number of hydrogen-bond donors (Lipinski definition) is 2. The topological polar surface area (TPSA) is 72.5 Å². The van der Waals surface area contributed by atoms with Crippen molar-refractivity contribution < 1.29 is 14.6 Å². The van der Waals surface area contributed by atoms with Crippen LogP contribution in [0.5, 0.6) is 5.75 Å². The third-order valence-electron chi connectivity index (χ3n) is 2.64. The molecule has 0 aliphatic rings. The summed E-state index contributed by atoms with van der Waals surface area (Å²) in [5.41, 5.74) is 6.23. The molecule has 0 aliphatic heterocycles. The molecule has 0 fully saturated rings. The van der Waals surface area contributed by atoms with Gasteiger partial charge in [0.2, 0.25) is 0 Å². The van der Waals surface area contributed by atoms with Crippen LogP contribution in [0.3, 0.4) is 0 Å². The first-order valence-electron chi connectivity index (χ1n) is 5.50. The molecule has 0 saturated heterocycles. The lowest BCUT2D eigenvalue weighted by molar-refractivity contribution is -0.148. The molecule has 1 rings (SSSR count). The maximum atomic E-state index is 11.0. The highest BCUT2D eigenvalue weighted by molar-refractivity contribution is 7.80. The molecule has 4 nitrogen and oxygen atoms in total. The van der Waals surface area contributed by atoms with Crippen molar-refractivity contribution in [1.29, 1.82) is 0 Å². The van der Waals surface area contributed by atoms with Gasteiger partial charge in [-0.2, -0.15) is 0 Å². The van der Waals surface area contributed by atoms with Gasteiger partial charge in [-0.05, 0) is 32.4 Å². The zero-order valence-corrected chi connectivity index (χ0v) is 11.5. The van der Waals surface area contributed by atoms with E-state index in [9.17, 15) is 4.79 Å². The molecule has 0 heterocycles. The summed E-state index contributed by atoms with van der Waals surface area (Å²) >= 11 is 4.89. The van der Waals surface area contributed by atoms with E-state index >= 15 is 0 Å². The van der Waals surface area contributed by atoms with Crippen LogP contribution in [-0.2, 0) is 4.79 Å². The molecule has 1 aromatic carbocycles. The van der Waals surface area contributed by atoms with Gasteiger partial charge in [-0.3, -0.25) is 4.79 Å². The Kier molecular flexibility index (Phi) is 4.29. The number of carboxylic acid groups (broad SMARTS) is 1.